The fourth-order valence-electron chi connectivity index (χ4n) is 4.05. The number of likely N-dealkylation sites (tertiary alicyclic amines) is 1. The van der Waals surface area contributed by atoms with Crippen LogP contribution in [-0.4, -0.2) is 96.5 Å². The van der Waals surface area contributed by atoms with E-state index < -0.39 is 15.8 Å². The Morgan fingerprint density at radius 2 is 1.62 bits per heavy atom. The maximum absolute atomic E-state index is 12.8. The van der Waals surface area contributed by atoms with Gasteiger partial charge in [0.15, 0.2) is 9.84 Å². The molecule has 3 rings (SSSR count). The Hall–Kier alpha value is -1.35. The van der Waals surface area contributed by atoms with Gasteiger partial charge in [0.1, 0.15) is 0 Å². The number of carbonyl (C=O) groups is 2. The SMILES string of the molecule is O=C(O)CCN1CCN(C(=O)N2CCCCC2)[C@H]2CS(=O)(=O)C[C@H]21. The number of hydrogen-bond donors (Lipinski definition) is 1. The molecule has 0 aromatic carbocycles. The van der Waals surface area contributed by atoms with Crippen LogP contribution in [0.3, 0.4) is 0 Å². The summed E-state index contributed by atoms with van der Waals surface area (Å²) in [6.07, 6.45) is 3.12. The van der Waals surface area contributed by atoms with Crippen molar-refractivity contribution in [3.63, 3.8) is 0 Å². The topological polar surface area (TPSA) is 98.2 Å². The first kappa shape index (κ1) is 17.5. The second kappa shape index (κ2) is 6.87. The average Bonchev–Trinajstić information content (AvgIpc) is 2.87. The van der Waals surface area contributed by atoms with Crippen molar-refractivity contribution in [3.8, 4) is 0 Å². The van der Waals surface area contributed by atoms with E-state index in [0.717, 1.165) is 32.4 Å². The number of sulfone groups is 1. The molecule has 9 heteroatoms. The van der Waals surface area contributed by atoms with Gasteiger partial charge < -0.3 is 14.9 Å². The number of carboxylic acids is 1. The van der Waals surface area contributed by atoms with Crippen molar-refractivity contribution in [2.75, 3.05) is 44.2 Å². The molecular weight excluding hydrogens is 334 g/mol. The summed E-state index contributed by atoms with van der Waals surface area (Å²) in [5, 5.41) is 8.88. The van der Waals surface area contributed by atoms with Crippen LogP contribution in [0.15, 0.2) is 0 Å². The lowest BCUT2D eigenvalue weighted by Gasteiger charge is -2.45. The standard InChI is InChI=1S/C15H25N3O5S/c19-14(20)4-7-16-8-9-18(13-11-24(22,23)10-12(13)16)15(21)17-5-2-1-3-6-17/h12-13H,1-11H2,(H,19,20)/t12-,13+/m1/s1. The summed E-state index contributed by atoms with van der Waals surface area (Å²) in [7, 11) is -3.20. The summed E-state index contributed by atoms with van der Waals surface area (Å²) in [5.74, 6) is -0.888. The van der Waals surface area contributed by atoms with Gasteiger partial charge in [-0.1, -0.05) is 0 Å². The van der Waals surface area contributed by atoms with Crippen LogP contribution in [0.25, 0.3) is 0 Å². The Balaban J connectivity index is 1.73. The minimum Gasteiger partial charge on any atom is -0.481 e. The van der Waals surface area contributed by atoms with E-state index in [1.54, 1.807) is 4.90 Å². The van der Waals surface area contributed by atoms with E-state index in [-0.39, 0.29) is 36.0 Å². The molecule has 0 aromatic rings. The van der Waals surface area contributed by atoms with Crippen molar-refractivity contribution in [1.82, 2.24) is 14.7 Å². The van der Waals surface area contributed by atoms with Crippen LogP contribution in [0.4, 0.5) is 4.79 Å². The van der Waals surface area contributed by atoms with Crippen molar-refractivity contribution in [3.05, 3.63) is 0 Å². The number of piperazine rings is 1. The molecule has 3 aliphatic heterocycles. The molecule has 3 aliphatic rings. The Morgan fingerprint density at radius 3 is 2.29 bits per heavy atom. The van der Waals surface area contributed by atoms with Crippen molar-refractivity contribution in [2.24, 2.45) is 0 Å². The number of carbonyl (C=O) groups excluding carboxylic acids is 1. The number of urea groups is 1. The minimum atomic E-state index is -3.20. The molecule has 2 amide bonds. The van der Waals surface area contributed by atoms with E-state index in [1.807, 2.05) is 9.80 Å². The number of hydrogen-bond acceptors (Lipinski definition) is 5. The van der Waals surface area contributed by atoms with Gasteiger partial charge in [-0.25, -0.2) is 13.2 Å². The van der Waals surface area contributed by atoms with Gasteiger partial charge in [0, 0.05) is 38.8 Å². The number of piperidine rings is 1. The number of nitrogens with zero attached hydrogens (tertiary/aromatic N) is 3. The monoisotopic (exact) mass is 359 g/mol. The maximum Gasteiger partial charge on any atom is 0.320 e. The number of fused-ring (bicyclic) bond motifs is 1. The predicted octanol–water partition coefficient (Wildman–Crippen LogP) is -0.150. The van der Waals surface area contributed by atoms with Crippen molar-refractivity contribution < 1.29 is 23.1 Å². The summed E-state index contributed by atoms with van der Waals surface area (Å²) in [6, 6.07) is -0.691. The third-order valence-electron chi connectivity index (χ3n) is 5.28. The molecule has 0 radical (unpaired) electrons. The van der Waals surface area contributed by atoms with E-state index in [2.05, 4.69) is 0 Å². The molecule has 3 saturated heterocycles. The number of aliphatic carboxylic acids is 1. The summed E-state index contributed by atoms with van der Waals surface area (Å²) in [5.41, 5.74) is 0. The molecule has 0 saturated carbocycles. The number of carboxylic acid groups (broad SMARTS) is 1. The Labute approximate surface area is 142 Å². The molecule has 1 N–H and O–H groups in total. The van der Waals surface area contributed by atoms with Crippen LogP contribution in [0.2, 0.25) is 0 Å². The Morgan fingerprint density at radius 1 is 0.958 bits per heavy atom. The smallest absolute Gasteiger partial charge is 0.320 e. The minimum absolute atomic E-state index is 0.0106. The van der Waals surface area contributed by atoms with Gasteiger partial charge in [-0.05, 0) is 19.3 Å². The van der Waals surface area contributed by atoms with E-state index in [4.69, 9.17) is 5.11 Å². The van der Waals surface area contributed by atoms with E-state index in [0.29, 0.717) is 19.6 Å². The van der Waals surface area contributed by atoms with Gasteiger partial charge in [0.2, 0.25) is 0 Å². The summed E-state index contributed by atoms with van der Waals surface area (Å²) in [4.78, 5) is 29.1. The highest BCUT2D eigenvalue weighted by Crippen LogP contribution is 2.28. The van der Waals surface area contributed by atoms with Gasteiger partial charge in [-0.15, -0.1) is 0 Å². The van der Waals surface area contributed by atoms with E-state index in [1.165, 1.54) is 0 Å². The third-order valence-corrected chi connectivity index (χ3v) is 6.97. The van der Waals surface area contributed by atoms with Crippen LogP contribution in [0, 0.1) is 0 Å². The quantitative estimate of drug-likeness (QED) is 0.753. The first-order valence-corrected chi connectivity index (χ1v) is 10.4. The van der Waals surface area contributed by atoms with Gasteiger partial charge in [-0.3, -0.25) is 9.69 Å². The first-order chi connectivity index (χ1) is 11.4. The number of rotatable bonds is 3. The Bertz CT molecular complexity index is 602. The van der Waals surface area contributed by atoms with Gasteiger partial charge in [0.05, 0.1) is 24.0 Å². The van der Waals surface area contributed by atoms with Gasteiger partial charge >= 0.3 is 12.0 Å². The molecular formula is C15H25N3O5S. The van der Waals surface area contributed by atoms with Crippen LogP contribution in [-0.2, 0) is 14.6 Å². The summed E-state index contributed by atoms with van der Waals surface area (Å²) in [6.45, 7) is 2.80. The van der Waals surface area contributed by atoms with Crippen LogP contribution in [0.1, 0.15) is 25.7 Å². The normalized spacial score (nSPS) is 30.2. The van der Waals surface area contributed by atoms with Crippen LogP contribution in [0.5, 0.6) is 0 Å². The lowest BCUT2D eigenvalue weighted by molar-refractivity contribution is -0.137. The van der Waals surface area contributed by atoms with Crippen molar-refractivity contribution in [2.45, 2.75) is 37.8 Å². The molecule has 8 nitrogen and oxygen atoms in total. The zero-order valence-electron chi connectivity index (χ0n) is 13.8. The lowest BCUT2D eigenvalue weighted by atomic mass is 10.0. The highest BCUT2D eigenvalue weighted by atomic mass is 32.2. The molecule has 0 aliphatic carbocycles. The molecule has 136 valence electrons. The van der Waals surface area contributed by atoms with Gasteiger partial charge in [-0.2, -0.15) is 0 Å². The zero-order chi connectivity index (χ0) is 17.3. The van der Waals surface area contributed by atoms with Crippen LogP contribution >= 0.6 is 0 Å². The molecule has 2 atom stereocenters. The molecule has 0 spiro atoms. The summed E-state index contributed by atoms with van der Waals surface area (Å²) < 4.78 is 24.3. The zero-order valence-corrected chi connectivity index (χ0v) is 14.6. The average molecular weight is 359 g/mol. The van der Waals surface area contributed by atoms with Gasteiger partial charge in [0.25, 0.3) is 0 Å². The van der Waals surface area contributed by atoms with Crippen molar-refractivity contribution >= 4 is 21.8 Å². The molecule has 3 fully saturated rings. The molecule has 0 bridgehead atoms. The lowest BCUT2D eigenvalue weighted by Crippen LogP contribution is -2.63. The fraction of sp³-hybridized carbons (Fsp3) is 0.867. The second-order valence-corrected chi connectivity index (χ2v) is 9.07. The number of amides is 2. The largest absolute Gasteiger partial charge is 0.481 e. The molecule has 3 heterocycles. The molecule has 0 aromatic heterocycles. The molecule has 24 heavy (non-hydrogen) atoms. The molecule has 0 unspecified atom stereocenters. The first-order valence-electron chi connectivity index (χ1n) is 8.59. The van der Waals surface area contributed by atoms with E-state index >= 15 is 0 Å². The predicted molar refractivity (Wildman–Crippen MR) is 87.6 cm³/mol. The second-order valence-electron chi connectivity index (χ2n) is 6.91. The fourth-order valence-corrected chi connectivity index (χ4v) is 6.06. The highest BCUT2D eigenvalue weighted by Gasteiger charge is 2.48. The Kier molecular flexibility index (Phi) is 5.00. The third kappa shape index (κ3) is 3.66. The highest BCUT2D eigenvalue weighted by molar-refractivity contribution is 7.91. The van der Waals surface area contributed by atoms with Crippen molar-refractivity contribution in [1.29, 1.82) is 0 Å². The van der Waals surface area contributed by atoms with Crippen LogP contribution < -0.4 is 0 Å². The summed E-state index contributed by atoms with van der Waals surface area (Å²) >= 11 is 0. The van der Waals surface area contributed by atoms with E-state index in [9.17, 15) is 18.0 Å². The maximum atomic E-state index is 12.8.